The second-order valence-corrected chi connectivity index (χ2v) is 7.33. The van der Waals surface area contributed by atoms with Crippen LogP contribution in [0.5, 0.6) is 5.75 Å². The van der Waals surface area contributed by atoms with Crippen molar-refractivity contribution in [2.75, 3.05) is 18.9 Å². The molecule has 3 rings (SSSR count). The van der Waals surface area contributed by atoms with E-state index < -0.39 is 0 Å². The number of nitrogens with one attached hydrogen (secondary N) is 1. The first kappa shape index (κ1) is 20.9. The summed E-state index contributed by atoms with van der Waals surface area (Å²) in [6.45, 7) is 5.21. The van der Waals surface area contributed by atoms with Gasteiger partial charge >= 0.3 is 0 Å². The third-order valence-corrected chi connectivity index (χ3v) is 5.40. The molecule has 0 fully saturated rings. The lowest BCUT2D eigenvalue weighted by Crippen LogP contribution is -2.29. The number of aromatic nitrogens is 4. The molecule has 2 aromatic carbocycles. The van der Waals surface area contributed by atoms with E-state index in [9.17, 15) is 4.79 Å². The average Bonchev–Trinajstić information content (AvgIpc) is 3.22. The monoisotopic (exact) mass is 411 g/mol. The van der Waals surface area contributed by atoms with Crippen molar-refractivity contribution in [1.29, 1.82) is 0 Å². The van der Waals surface area contributed by atoms with E-state index in [1.165, 1.54) is 17.3 Å². The molecule has 1 aromatic heterocycles. The predicted molar refractivity (Wildman–Crippen MR) is 114 cm³/mol. The maximum absolute atomic E-state index is 12.4. The molecule has 0 saturated carbocycles. The number of carbonyl (C=O) groups excluding carboxylic acids is 1. The molecule has 0 radical (unpaired) electrons. The number of thioether (sulfide) groups is 1. The number of rotatable bonds is 10. The van der Waals surface area contributed by atoms with E-state index in [1.54, 1.807) is 4.68 Å². The highest BCUT2D eigenvalue weighted by Crippen LogP contribution is 2.26. The van der Waals surface area contributed by atoms with Crippen molar-refractivity contribution in [2.45, 2.75) is 31.3 Å². The van der Waals surface area contributed by atoms with Gasteiger partial charge in [0.1, 0.15) is 11.4 Å². The zero-order valence-corrected chi connectivity index (χ0v) is 17.4. The van der Waals surface area contributed by atoms with Gasteiger partial charge in [-0.15, -0.1) is 5.10 Å². The predicted octanol–water partition coefficient (Wildman–Crippen LogP) is 3.46. The molecule has 1 heterocycles. The molecular formula is C21H25N5O2S. The smallest absolute Gasteiger partial charge is 0.230 e. The first-order chi connectivity index (χ1) is 14.2. The topological polar surface area (TPSA) is 81.9 Å². The lowest BCUT2D eigenvalue weighted by molar-refractivity contribution is -0.118. The number of nitrogens with zero attached hydrogens (tertiary/aromatic N) is 4. The molecule has 7 nitrogen and oxygen atoms in total. The van der Waals surface area contributed by atoms with Crippen LogP contribution < -0.4 is 10.1 Å². The summed E-state index contributed by atoms with van der Waals surface area (Å²) in [7, 11) is 0. The third-order valence-electron chi connectivity index (χ3n) is 4.48. The van der Waals surface area contributed by atoms with Gasteiger partial charge in [0, 0.05) is 12.5 Å². The van der Waals surface area contributed by atoms with Gasteiger partial charge in [-0.05, 0) is 41.5 Å². The first-order valence-corrected chi connectivity index (χ1v) is 10.7. The van der Waals surface area contributed by atoms with Crippen LogP contribution in [0.1, 0.15) is 31.7 Å². The summed E-state index contributed by atoms with van der Waals surface area (Å²) in [5.74, 6) is 1.19. The molecule has 0 aliphatic carbocycles. The van der Waals surface area contributed by atoms with Gasteiger partial charge in [-0.25, -0.2) is 0 Å². The van der Waals surface area contributed by atoms with Crippen LogP contribution in [-0.4, -0.2) is 45.0 Å². The molecule has 0 bridgehead atoms. The quantitative estimate of drug-likeness (QED) is 0.515. The number of hydrogen-bond donors (Lipinski definition) is 1. The zero-order chi connectivity index (χ0) is 20.5. The third kappa shape index (κ3) is 5.57. The Hall–Kier alpha value is -2.87. The van der Waals surface area contributed by atoms with Crippen molar-refractivity contribution in [3.63, 3.8) is 0 Å². The number of benzene rings is 2. The summed E-state index contributed by atoms with van der Waals surface area (Å²) < 4.78 is 7.25. The molecule has 152 valence electrons. The minimum Gasteiger partial charge on any atom is -0.492 e. The summed E-state index contributed by atoms with van der Waals surface area (Å²) in [6.07, 6.45) is 0.962. The maximum atomic E-state index is 12.4. The lowest BCUT2D eigenvalue weighted by Gasteiger charge is -2.16. The van der Waals surface area contributed by atoms with Crippen molar-refractivity contribution in [2.24, 2.45) is 0 Å². The van der Waals surface area contributed by atoms with Crippen LogP contribution in [0.2, 0.25) is 0 Å². The van der Waals surface area contributed by atoms with Crippen LogP contribution >= 0.6 is 11.8 Å². The number of hydrogen-bond acceptors (Lipinski definition) is 6. The Labute approximate surface area is 174 Å². The molecule has 0 saturated heterocycles. The molecule has 1 N–H and O–H groups in total. The second kappa shape index (κ2) is 10.6. The largest absolute Gasteiger partial charge is 0.492 e. The Kier molecular flexibility index (Phi) is 7.63. The van der Waals surface area contributed by atoms with Gasteiger partial charge in [0.15, 0.2) is 0 Å². The van der Waals surface area contributed by atoms with E-state index in [4.69, 9.17) is 4.74 Å². The fraction of sp³-hybridized carbons (Fsp3) is 0.333. The van der Waals surface area contributed by atoms with Crippen molar-refractivity contribution < 1.29 is 9.53 Å². The van der Waals surface area contributed by atoms with Crippen LogP contribution in [0.4, 0.5) is 0 Å². The van der Waals surface area contributed by atoms with E-state index in [-0.39, 0.29) is 11.7 Å². The van der Waals surface area contributed by atoms with Gasteiger partial charge in [0.05, 0.1) is 12.4 Å². The minimum absolute atomic E-state index is 0.0444. The minimum atomic E-state index is -0.0444. The van der Waals surface area contributed by atoms with Gasteiger partial charge in [-0.2, -0.15) is 4.68 Å². The first-order valence-electron chi connectivity index (χ1n) is 9.68. The van der Waals surface area contributed by atoms with Crippen LogP contribution in [0.15, 0.2) is 59.8 Å². The van der Waals surface area contributed by atoms with Gasteiger partial charge < -0.3 is 10.1 Å². The molecule has 0 aliphatic heterocycles. The maximum Gasteiger partial charge on any atom is 0.230 e. The highest BCUT2D eigenvalue weighted by atomic mass is 32.2. The fourth-order valence-corrected chi connectivity index (χ4v) is 3.68. The molecule has 1 atom stereocenters. The van der Waals surface area contributed by atoms with Crippen LogP contribution in [0.3, 0.4) is 0 Å². The Morgan fingerprint density at radius 3 is 2.66 bits per heavy atom. The summed E-state index contributed by atoms with van der Waals surface area (Å²) in [5.41, 5.74) is 1.98. The summed E-state index contributed by atoms with van der Waals surface area (Å²) in [5, 5.41) is 15.4. The number of carbonyl (C=O) groups is 1. The Morgan fingerprint density at radius 2 is 1.90 bits per heavy atom. The Morgan fingerprint density at radius 1 is 1.14 bits per heavy atom. The van der Waals surface area contributed by atoms with Crippen molar-refractivity contribution in [1.82, 2.24) is 25.5 Å². The SMILES string of the molecule is CCOc1ccccc1-n1nnnc1SCC(=O)NCC(CC)c1ccccc1. The summed E-state index contributed by atoms with van der Waals surface area (Å²) >= 11 is 1.30. The van der Waals surface area contributed by atoms with E-state index >= 15 is 0 Å². The Balaban J connectivity index is 1.59. The number of amides is 1. The van der Waals surface area contributed by atoms with Crippen LogP contribution in [0, 0.1) is 0 Å². The normalized spacial score (nSPS) is 11.8. The van der Waals surface area contributed by atoms with Gasteiger partial charge in [-0.1, -0.05) is 61.2 Å². The molecule has 0 aliphatic rings. The second-order valence-electron chi connectivity index (χ2n) is 6.38. The van der Waals surface area contributed by atoms with Gasteiger partial charge in [0.2, 0.25) is 11.1 Å². The average molecular weight is 412 g/mol. The molecule has 3 aromatic rings. The standard InChI is InChI=1S/C21H25N5O2S/c1-3-16(17-10-6-5-7-11-17)14-22-20(27)15-29-21-23-24-25-26(21)18-12-8-9-13-19(18)28-4-2/h5-13,16H,3-4,14-15H2,1-2H3,(H,22,27). The molecule has 0 spiro atoms. The van der Waals surface area contributed by atoms with Crippen LogP contribution in [0.25, 0.3) is 5.69 Å². The van der Waals surface area contributed by atoms with Crippen molar-refractivity contribution in [3.8, 4) is 11.4 Å². The van der Waals surface area contributed by atoms with Gasteiger partial charge in [0.25, 0.3) is 0 Å². The molecular weight excluding hydrogens is 386 g/mol. The van der Waals surface area contributed by atoms with Crippen LogP contribution in [-0.2, 0) is 4.79 Å². The highest BCUT2D eigenvalue weighted by molar-refractivity contribution is 7.99. The van der Waals surface area contributed by atoms with E-state index in [2.05, 4.69) is 39.9 Å². The summed E-state index contributed by atoms with van der Waals surface area (Å²) in [4.78, 5) is 12.4. The molecule has 1 unspecified atom stereocenters. The van der Waals surface area contributed by atoms with Gasteiger partial charge in [-0.3, -0.25) is 4.79 Å². The van der Waals surface area contributed by atoms with Crippen molar-refractivity contribution >= 4 is 17.7 Å². The molecule has 8 heteroatoms. The number of tetrazole rings is 1. The molecule has 29 heavy (non-hydrogen) atoms. The molecule has 1 amide bonds. The Bertz CT molecular complexity index is 916. The summed E-state index contributed by atoms with van der Waals surface area (Å²) in [6, 6.07) is 17.8. The fourth-order valence-electron chi connectivity index (χ4n) is 2.97. The highest BCUT2D eigenvalue weighted by Gasteiger charge is 2.16. The van der Waals surface area contributed by atoms with E-state index in [1.807, 2.05) is 49.4 Å². The van der Waals surface area contributed by atoms with E-state index in [0.29, 0.717) is 30.0 Å². The lowest BCUT2D eigenvalue weighted by atomic mass is 9.96. The zero-order valence-electron chi connectivity index (χ0n) is 16.6. The van der Waals surface area contributed by atoms with Crippen molar-refractivity contribution in [3.05, 3.63) is 60.2 Å². The number of para-hydroxylation sites is 2. The number of ether oxygens (including phenoxy) is 1. The van der Waals surface area contributed by atoms with E-state index in [0.717, 1.165) is 12.1 Å².